The van der Waals surface area contributed by atoms with Crippen LogP contribution in [-0.2, 0) is 11.3 Å². The minimum absolute atomic E-state index is 0.0780. The van der Waals surface area contributed by atoms with Crippen LogP contribution in [0.5, 0.6) is 0 Å². The average Bonchev–Trinajstić information content (AvgIpc) is 2.43. The minimum Gasteiger partial charge on any atom is -0.353 e. The van der Waals surface area contributed by atoms with Gasteiger partial charge in [0.2, 0.25) is 5.91 Å². The summed E-state index contributed by atoms with van der Waals surface area (Å²) in [5, 5.41) is 2.91. The SMILES string of the molecule is CC1(C)C(=O)NCCN1Cc1ccccc1C#CCN. The number of carbonyl (C=O) groups is 1. The number of amides is 1. The highest BCUT2D eigenvalue weighted by Gasteiger charge is 2.37. The Morgan fingerprint density at radius 1 is 1.40 bits per heavy atom. The molecule has 4 heteroatoms. The van der Waals surface area contributed by atoms with Gasteiger partial charge in [-0.3, -0.25) is 9.69 Å². The summed E-state index contributed by atoms with van der Waals surface area (Å²) in [6.45, 7) is 6.52. The molecular weight excluding hydrogens is 250 g/mol. The first-order valence-electron chi connectivity index (χ1n) is 6.86. The summed E-state index contributed by atoms with van der Waals surface area (Å²) in [7, 11) is 0. The molecule has 0 spiro atoms. The molecule has 106 valence electrons. The molecule has 1 fully saturated rings. The molecule has 1 amide bonds. The second-order valence-electron chi connectivity index (χ2n) is 5.40. The van der Waals surface area contributed by atoms with Crippen molar-refractivity contribution in [1.82, 2.24) is 10.2 Å². The third kappa shape index (κ3) is 3.01. The Morgan fingerprint density at radius 2 is 2.15 bits per heavy atom. The van der Waals surface area contributed by atoms with Crippen molar-refractivity contribution in [2.75, 3.05) is 19.6 Å². The van der Waals surface area contributed by atoms with E-state index in [1.165, 1.54) is 0 Å². The van der Waals surface area contributed by atoms with Crippen LogP contribution in [-0.4, -0.2) is 36.0 Å². The molecule has 0 aromatic heterocycles. The molecule has 1 aromatic rings. The van der Waals surface area contributed by atoms with Gasteiger partial charge in [0, 0.05) is 25.2 Å². The fourth-order valence-corrected chi connectivity index (χ4v) is 2.35. The van der Waals surface area contributed by atoms with Crippen molar-refractivity contribution in [1.29, 1.82) is 0 Å². The van der Waals surface area contributed by atoms with Gasteiger partial charge in [0.15, 0.2) is 0 Å². The van der Waals surface area contributed by atoms with E-state index in [9.17, 15) is 4.79 Å². The number of hydrogen-bond donors (Lipinski definition) is 2. The highest BCUT2D eigenvalue weighted by molar-refractivity contribution is 5.86. The third-order valence-electron chi connectivity index (χ3n) is 3.72. The van der Waals surface area contributed by atoms with Crippen LogP contribution in [0.4, 0.5) is 0 Å². The molecule has 4 nitrogen and oxygen atoms in total. The fourth-order valence-electron chi connectivity index (χ4n) is 2.35. The molecule has 3 N–H and O–H groups in total. The molecule has 0 saturated carbocycles. The molecule has 2 rings (SSSR count). The van der Waals surface area contributed by atoms with Gasteiger partial charge in [0.05, 0.1) is 12.1 Å². The average molecular weight is 271 g/mol. The van der Waals surface area contributed by atoms with Gasteiger partial charge >= 0.3 is 0 Å². The highest BCUT2D eigenvalue weighted by Crippen LogP contribution is 2.21. The highest BCUT2D eigenvalue weighted by atomic mass is 16.2. The number of nitrogens with one attached hydrogen (secondary N) is 1. The second-order valence-corrected chi connectivity index (χ2v) is 5.40. The lowest BCUT2D eigenvalue weighted by Gasteiger charge is -2.41. The molecule has 1 aromatic carbocycles. The number of nitrogens with two attached hydrogens (primary N) is 1. The van der Waals surface area contributed by atoms with E-state index < -0.39 is 5.54 Å². The van der Waals surface area contributed by atoms with E-state index in [0.717, 1.165) is 24.2 Å². The Labute approximate surface area is 120 Å². The first-order chi connectivity index (χ1) is 9.55. The molecule has 0 radical (unpaired) electrons. The number of piperazine rings is 1. The van der Waals surface area contributed by atoms with Crippen LogP contribution in [0.25, 0.3) is 0 Å². The van der Waals surface area contributed by atoms with Crippen molar-refractivity contribution in [2.24, 2.45) is 5.73 Å². The van der Waals surface area contributed by atoms with Gasteiger partial charge < -0.3 is 11.1 Å². The van der Waals surface area contributed by atoms with E-state index in [-0.39, 0.29) is 5.91 Å². The van der Waals surface area contributed by atoms with E-state index in [2.05, 4.69) is 28.1 Å². The molecule has 1 aliphatic heterocycles. The standard InChI is InChI=1S/C16H21N3O/c1-16(2)15(20)18-10-11-19(16)12-14-7-4-3-6-13(14)8-5-9-17/h3-4,6-7H,9-12,17H2,1-2H3,(H,18,20). The van der Waals surface area contributed by atoms with Gasteiger partial charge in [-0.1, -0.05) is 30.0 Å². The normalized spacial score (nSPS) is 18.1. The third-order valence-corrected chi connectivity index (χ3v) is 3.72. The van der Waals surface area contributed by atoms with Crippen molar-refractivity contribution in [2.45, 2.75) is 25.9 Å². The number of nitrogens with zero attached hydrogens (tertiary/aromatic N) is 1. The lowest BCUT2D eigenvalue weighted by Crippen LogP contribution is -2.61. The van der Waals surface area contributed by atoms with Crippen LogP contribution in [0.1, 0.15) is 25.0 Å². The topological polar surface area (TPSA) is 58.4 Å². The molecule has 1 heterocycles. The molecule has 20 heavy (non-hydrogen) atoms. The van der Waals surface area contributed by atoms with Gasteiger partial charge in [-0.15, -0.1) is 0 Å². The second kappa shape index (κ2) is 6.08. The summed E-state index contributed by atoms with van der Waals surface area (Å²) in [4.78, 5) is 14.2. The van der Waals surface area contributed by atoms with Gasteiger partial charge in [-0.05, 0) is 25.5 Å². The summed E-state index contributed by atoms with van der Waals surface area (Å²) in [6.07, 6.45) is 0. The van der Waals surface area contributed by atoms with Crippen molar-refractivity contribution < 1.29 is 4.79 Å². The van der Waals surface area contributed by atoms with Gasteiger partial charge in [-0.25, -0.2) is 0 Å². The molecule has 0 bridgehead atoms. The monoisotopic (exact) mass is 271 g/mol. The lowest BCUT2D eigenvalue weighted by atomic mass is 9.97. The Morgan fingerprint density at radius 3 is 2.90 bits per heavy atom. The summed E-state index contributed by atoms with van der Waals surface area (Å²) in [5.74, 6) is 6.07. The van der Waals surface area contributed by atoms with E-state index in [0.29, 0.717) is 13.1 Å². The Balaban J connectivity index is 2.23. The van der Waals surface area contributed by atoms with Crippen LogP contribution in [0.15, 0.2) is 24.3 Å². The zero-order valence-electron chi connectivity index (χ0n) is 12.1. The van der Waals surface area contributed by atoms with Crippen LogP contribution in [0, 0.1) is 11.8 Å². The zero-order valence-corrected chi connectivity index (χ0v) is 12.1. The lowest BCUT2D eigenvalue weighted by molar-refractivity contribution is -0.135. The Bertz CT molecular complexity index is 554. The fraction of sp³-hybridized carbons (Fsp3) is 0.438. The molecule has 0 atom stereocenters. The molecular formula is C16H21N3O. The first-order valence-corrected chi connectivity index (χ1v) is 6.86. The maximum atomic E-state index is 12.0. The molecule has 0 aliphatic carbocycles. The summed E-state index contributed by atoms with van der Waals surface area (Å²) in [6, 6.07) is 8.02. The molecule has 1 saturated heterocycles. The van der Waals surface area contributed by atoms with E-state index in [1.807, 2.05) is 32.0 Å². The van der Waals surface area contributed by atoms with Crippen LogP contribution < -0.4 is 11.1 Å². The summed E-state index contributed by atoms with van der Waals surface area (Å²) >= 11 is 0. The smallest absolute Gasteiger partial charge is 0.240 e. The van der Waals surface area contributed by atoms with Crippen LogP contribution in [0.2, 0.25) is 0 Å². The molecule has 0 unspecified atom stereocenters. The van der Waals surface area contributed by atoms with E-state index >= 15 is 0 Å². The molecule has 1 aliphatic rings. The number of benzene rings is 1. The first kappa shape index (κ1) is 14.6. The maximum absolute atomic E-state index is 12.0. The number of carbonyl (C=O) groups excluding carboxylic acids is 1. The van der Waals surface area contributed by atoms with Crippen molar-refractivity contribution in [3.05, 3.63) is 35.4 Å². The van der Waals surface area contributed by atoms with E-state index in [4.69, 9.17) is 5.73 Å². The van der Waals surface area contributed by atoms with E-state index in [1.54, 1.807) is 0 Å². The quantitative estimate of drug-likeness (QED) is 0.779. The summed E-state index contributed by atoms with van der Waals surface area (Å²) < 4.78 is 0. The number of rotatable bonds is 2. The predicted molar refractivity (Wildman–Crippen MR) is 79.9 cm³/mol. The zero-order chi connectivity index (χ0) is 14.6. The Kier molecular flexibility index (Phi) is 4.43. The van der Waals surface area contributed by atoms with Crippen molar-refractivity contribution in [3.8, 4) is 11.8 Å². The van der Waals surface area contributed by atoms with Gasteiger partial charge in [0.1, 0.15) is 0 Å². The predicted octanol–water partition coefficient (Wildman–Crippen LogP) is 0.707. The Hall–Kier alpha value is -1.83. The number of hydrogen-bond acceptors (Lipinski definition) is 3. The minimum atomic E-state index is -0.493. The van der Waals surface area contributed by atoms with Crippen LogP contribution >= 0.6 is 0 Å². The van der Waals surface area contributed by atoms with Crippen molar-refractivity contribution in [3.63, 3.8) is 0 Å². The summed E-state index contributed by atoms with van der Waals surface area (Å²) in [5.41, 5.74) is 7.06. The maximum Gasteiger partial charge on any atom is 0.240 e. The van der Waals surface area contributed by atoms with Gasteiger partial charge in [0.25, 0.3) is 0 Å². The van der Waals surface area contributed by atoms with Crippen LogP contribution in [0.3, 0.4) is 0 Å². The largest absolute Gasteiger partial charge is 0.353 e. The van der Waals surface area contributed by atoms with Gasteiger partial charge in [-0.2, -0.15) is 0 Å². The van der Waals surface area contributed by atoms with Crippen molar-refractivity contribution >= 4 is 5.91 Å².